The molecule has 1 aromatic heterocycles. The number of benzene rings is 2. The van der Waals surface area contributed by atoms with Gasteiger partial charge in [-0.3, -0.25) is 14.9 Å². The van der Waals surface area contributed by atoms with E-state index < -0.39 is 10.8 Å². The maximum atomic E-state index is 13.1. The Morgan fingerprint density at radius 3 is 2.65 bits per heavy atom. The molecular weight excluding hydrogens is 438 g/mol. The van der Waals surface area contributed by atoms with Crippen LogP contribution >= 0.6 is 0 Å². The molecule has 178 valence electrons. The number of aryl methyl sites for hydroxylation is 1. The van der Waals surface area contributed by atoms with E-state index in [0.717, 1.165) is 12.0 Å². The van der Waals surface area contributed by atoms with Gasteiger partial charge in [0.05, 0.1) is 17.1 Å². The van der Waals surface area contributed by atoms with Crippen LogP contribution < -0.4 is 14.8 Å². The Morgan fingerprint density at radius 2 is 1.88 bits per heavy atom. The van der Waals surface area contributed by atoms with Crippen molar-refractivity contribution < 1.29 is 23.9 Å². The second-order valence-corrected chi connectivity index (χ2v) is 7.28. The third-order valence-corrected chi connectivity index (χ3v) is 4.89. The molecule has 0 spiro atoms. The number of ether oxygens (including phenoxy) is 3. The minimum Gasteiger partial charge on any atom is -0.490 e. The molecular formula is C25H27N3O6. The Hall–Kier alpha value is -3.98. The molecule has 0 aliphatic heterocycles. The molecule has 0 unspecified atom stereocenters. The molecule has 2 aromatic carbocycles. The average Bonchev–Trinajstić information content (AvgIpc) is 2.86. The number of carbonyl (C=O) groups is 1. The highest BCUT2D eigenvalue weighted by molar-refractivity contribution is 6.06. The molecule has 0 atom stereocenters. The Balaban J connectivity index is 1.78. The summed E-state index contributed by atoms with van der Waals surface area (Å²) in [4.78, 5) is 27.8. The zero-order valence-electron chi connectivity index (χ0n) is 19.2. The van der Waals surface area contributed by atoms with E-state index in [9.17, 15) is 14.9 Å². The Labute approximate surface area is 197 Å². The second kappa shape index (κ2) is 12.3. The van der Waals surface area contributed by atoms with Crippen molar-refractivity contribution in [2.45, 2.75) is 26.9 Å². The van der Waals surface area contributed by atoms with Gasteiger partial charge in [0.2, 0.25) is 0 Å². The SMILES string of the molecule is CCOCCOc1ccc(OCc2cccc([N+](=O)[O-])c2)cc1C(=O)Nc1cc(CC)ccn1. The number of nitro groups is 1. The van der Waals surface area contributed by atoms with Crippen molar-refractivity contribution in [1.82, 2.24) is 4.98 Å². The summed E-state index contributed by atoms with van der Waals surface area (Å²) < 4.78 is 16.9. The maximum Gasteiger partial charge on any atom is 0.269 e. The summed E-state index contributed by atoms with van der Waals surface area (Å²) in [6.07, 6.45) is 2.46. The molecule has 1 heterocycles. The van der Waals surface area contributed by atoms with E-state index in [1.807, 2.05) is 26.0 Å². The summed E-state index contributed by atoms with van der Waals surface area (Å²) in [5.41, 5.74) is 1.95. The predicted octanol–water partition coefficient (Wildman–Crippen LogP) is 4.80. The van der Waals surface area contributed by atoms with Gasteiger partial charge in [-0.05, 0) is 54.8 Å². The summed E-state index contributed by atoms with van der Waals surface area (Å²) in [6, 6.07) is 14.8. The highest BCUT2D eigenvalue weighted by atomic mass is 16.6. The van der Waals surface area contributed by atoms with Crippen molar-refractivity contribution >= 4 is 17.4 Å². The molecule has 0 radical (unpaired) electrons. The number of aromatic nitrogens is 1. The molecule has 1 amide bonds. The van der Waals surface area contributed by atoms with Gasteiger partial charge in [-0.15, -0.1) is 0 Å². The van der Waals surface area contributed by atoms with Crippen LogP contribution in [-0.2, 0) is 17.8 Å². The van der Waals surface area contributed by atoms with Crippen molar-refractivity contribution in [3.63, 3.8) is 0 Å². The van der Waals surface area contributed by atoms with Crippen molar-refractivity contribution in [2.75, 3.05) is 25.1 Å². The van der Waals surface area contributed by atoms with E-state index in [1.54, 1.807) is 36.5 Å². The van der Waals surface area contributed by atoms with E-state index >= 15 is 0 Å². The number of nitro benzene ring substituents is 1. The van der Waals surface area contributed by atoms with Gasteiger partial charge < -0.3 is 19.5 Å². The Bertz CT molecular complexity index is 1140. The molecule has 3 rings (SSSR count). The van der Waals surface area contributed by atoms with Crippen LogP contribution in [0.3, 0.4) is 0 Å². The summed E-state index contributed by atoms with van der Waals surface area (Å²) in [5, 5.41) is 13.8. The van der Waals surface area contributed by atoms with Crippen molar-refractivity contribution in [3.05, 3.63) is 87.6 Å². The summed E-state index contributed by atoms with van der Waals surface area (Å²) in [7, 11) is 0. The van der Waals surface area contributed by atoms with Crippen LogP contribution in [0.25, 0.3) is 0 Å². The number of anilines is 1. The smallest absolute Gasteiger partial charge is 0.269 e. The fourth-order valence-electron chi connectivity index (χ4n) is 3.13. The Morgan fingerprint density at radius 1 is 1.03 bits per heavy atom. The topological polar surface area (TPSA) is 113 Å². The minimum atomic E-state index is -0.456. The fraction of sp³-hybridized carbons (Fsp3) is 0.280. The average molecular weight is 466 g/mol. The number of carbonyl (C=O) groups excluding carboxylic acids is 1. The number of nitrogens with one attached hydrogen (secondary N) is 1. The standard InChI is InChI=1S/C25H27N3O6/c1-3-18-10-11-26-24(15-18)27-25(29)22-16-21(8-9-23(22)33-13-12-32-4-2)34-17-19-6-5-7-20(14-19)28(30)31/h5-11,14-16H,3-4,12-13,17H2,1-2H3,(H,26,27,29). The van der Waals surface area contributed by atoms with Gasteiger partial charge in [-0.25, -0.2) is 4.98 Å². The van der Waals surface area contributed by atoms with E-state index in [1.165, 1.54) is 12.1 Å². The molecule has 9 nitrogen and oxygen atoms in total. The van der Waals surface area contributed by atoms with Crippen LogP contribution in [0.4, 0.5) is 11.5 Å². The van der Waals surface area contributed by atoms with Crippen LogP contribution in [0.2, 0.25) is 0 Å². The molecule has 0 saturated heterocycles. The lowest BCUT2D eigenvalue weighted by Gasteiger charge is -2.14. The van der Waals surface area contributed by atoms with Gasteiger partial charge in [0.25, 0.3) is 11.6 Å². The molecule has 0 aliphatic rings. The number of rotatable bonds is 12. The van der Waals surface area contributed by atoms with Crippen LogP contribution in [-0.4, -0.2) is 35.6 Å². The van der Waals surface area contributed by atoms with Crippen molar-refractivity contribution in [3.8, 4) is 11.5 Å². The van der Waals surface area contributed by atoms with Gasteiger partial charge in [0, 0.05) is 24.9 Å². The maximum absolute atomic E-state index is 13.1. The van der Waals surface area contributed by atoms with E-state index in [-0.39, 0.29) is 24.5 Å². The number of amides is 1. The minimum absolute atomic E-state index is 0.0129. The zero-order chi connectivity index (χ0) is 24.3. The van der Waals surface area contributed by atoms with Crippen molar-refractivity contribution in [1.29, 1.82) is 0 Å². The Kier molecular flexibility index (Phi) is 8.93. The van der Waals surface area contributed by atoms with E-state index in [0.29, 0.717) is 36.1 Å². The van der Waals surface area contributed by atoms with E-state index in [4.69, 9.17) is 14.2 Å². The monoisotopic (exact) mass is 465 g/mol. The predicted molar refractivity (Wildman–Crippen MR) is 127 cm³/mol. The lowest BCUT2D eigenvalue weighted by molar-refractivity contribution is -0.384. The number of pyridine rings is 1. The molecule has 0 aliphatic carbocycles. The van der Waals surface area contributed by atoms with Crippen LogP contribution in [0, 0.1) is 10.1 Å². The lowest BCUT2D eigenvalue weighted by Crippen LogP contribution is -2.16. The molecule has 0 fully saturated rings. The number of hydrogen-bond donors (Lipinski definition) is 1. The molecule has 9 heteroatoms. The fourth-order valence-corrected chi connectivity index (χ4v) is 3.13. The van der Waals surface area contributed by atoms with Gasteiger partial charge in [0.15, 0.2) is 0 Å². The molecule has 1 N–H and O–H groups in total. The molecule has 0 bridgehead atoms. The summed E-state index contributed by atoms with van der Waals surface area (Å²) >= 11 is 0. The van der Waals surface area contributed by atoms with Gasteiger partial charge in [-0.1, -0.05) is 19.1 Å². The first-order valence-corrected chi connectivity index (χ1v) is 11.0. The van der Waals surface area contributed by atoms with Crippen LogP contribution in [0.5, 0.6) is 11.5 Å². The number of hydrogen-bond acceptors (Lipinski definition) is 7. The first-order valence-electron chi connectivity index (χ1n) is 11.0. The second-order valence-electron chi connectivity index (χ2n) is 7.28. The quantitative estimate of drug-likeness (QED) is 0.232. The third kappa shape index (κ3) is 7.01. The van der Waals surface area contributed by atoms with Crippen LogP contribution in [0.15, 0.2) is 60.8 Å². The van der Waals surface area contributed by atoms with E-state index in [2.05, 4.69) is 10.3 Å². The molecule has 3 aromatic rings. The number of non-ortho nitro benzene ring substituents is 1. The van der Waals surface area contributed by atoms with Gasteiger partial charge >= 0.3 is 0 Å². The first-order chi connectivity index (χ1) is 16.5. The first kappa shape index (κ1) is 24.7. The normalized spacial score (nSPS) is 10.5. The summed E-state index contributed by atoms with van der Waals surface area (Å²) in [5.74, 6) is 0.844. The van der Waals surface area contributed by atoms with Gasteiger partial charge in [-0.2, -0.15) is 0 Å². The largest absolute Gasteiger partial charge is 0.490 e. The third-order valence-electron chi connectivity index (χ3n) is 4.89. The molecule has 34 heavy (non-hydrogen) atoms. The summed E-state index contributed by atoms with van der Waals surface area (Å²) in [6.45, 7) is 5.26. The zero-order valence-corrected chi connectivity index (χ0v) is 19.2. The highest BCUT2D eigenvalue weighted by Crippen LogP contribution is 2.26. The number of nitrogens with zero attached hydrogens (tertiary/aromatic N) is 2. The van der Waals surface area contributed by atoms with Crippen LogP contribution in [0.1, 0.15) is 35.3 Å². The highest BCUT2D eigenvalue weighted by Gasteiger charge is 2.16. The lowest BCUT2D eigenvalue weighted by atomic mass is 10.1. The molecule has 0 saturated carbocycles. The van der Waals surface area contributed by atoms with Crippen molar-refractivity contribution in [2.24, 2.45) is 0 Å². The van der Waals surface area contributed by atoms with Gasteiger partial charge in [0.1, 0.15) is 30.5 Å².